The molecule has 6 aromatic carbocycles. The molecule has 12 aliphatic rings. The first-order valence-corrected chi connectivity index (χ1v) is 44.3. The van der Waals surface area contributed by atoms with Gasteiger partial charge in [0.25, 0.3) is 22.4 Å². The zero-order valence-corrected chi connectivity index (χ0v) is 66.6. The average molecular weight is 1850 g/mol. The van der Waals surface area contributed by atoms with Gasteiger partial charge in [-0.1, -0.05) is 84.9 Å². The number of hydrogen-bond donors (Lipinski definition) is 0. The minimum atomic E-state index is -5.65. The molecule has 18 rings (SSSR count). The van der Waals surface area contributed by atoms with Gasteiger partial charge in [0, 0.05) is 45.3 Å². The predicted octanol–water partition coefficient (Wildman–Crippen LogP) is 19.8. The van der Waals surface area contributed by atoms with Gasteiger partial charge in [0.2, 0.25) is 19.6 Å². The van der Waals surface area contributed by atoms with E-state index in [0.717, 1.165) is 9.79 Å². The first kappa shape index (κ1) is 89.6. The Kier molecular flexibility index (Phi) is 21.8. The molecule has 6 aromatic rings. The lowest BCUT2D eigenvalue weighted by Crippen LogP contribution is -2.77. The number of rotatable bonds is 20. The van der Waals surface area contributed by atoms with Crippen LogP contribution < -0.4 is 18.9 Å². The van der Waals surface area contributed by atoms with E-state index in [1.807, 2.05) is 24.3 Å². The predicted molar refractivity (Wildman–Crippen MR) is 381 cm³/mol. The maximum atomic E-state index is 14.1. The SMILES string of the molecule is FC(F)(F)C1(C(F)(F)F)OC2C1C1CCC2(COc2ccccc2[S+](c2ccccc2)c2ccccc2OCC23CCC(C2)C2C3OC2(C(F)(F)F)C(F)(F)F)C1.FC(F)(F)C1(C(F)(F)F)OC2C1C1CCC2(COc2ccccc2[S+](c2ccccc2)c2ccccc2OCC23CCC(C2)C2C3OC2(C(F)(F)F)C(F)(F)F)C1.O=S(=O)([O-])CS(=O)(=O)[O-]. The van der Waals surface area contributed by atoms with Gasteiger partial charge in [0.15, 0.2) is 32.8 Å². The normalized spacial score (nSPS) is 32.4. The van der Waals surface area contributed by atoms with Gasteiger partial charge in [-0.05, 0) is 174 Å². The number of ether oxygens (including phenoxy) is 8. The second-order valence-corrected chi connectivity index (χ2v) is 41.2. The summed E-state index contributed by atoms with van der Waals surface area (Å²) in [5.41, 5.74) is -21.2. The van der Waals surface area contributed by atoms with Crippen LogP contribution in [0.25, 0.3) is 0 Å². The Labute approximate surface area is 691 Å². The van der Waals surface area contributed by atoms with Crippen LogP contribution in [0.3, 0.4) is 0 Å². The van der Waals surface area contributed by atoms with Gasteiger partial charge in [0.05, 0.1) is 50.8 Å². The standard InChI is InChI=1S/2C40H35F12O4S.CH4O6S2/c2*41-37(42,43)35(38(44,45)46)29-22-14-16-33(18-22,31(29)55-35)20-53-25-10-4-6-12-27(25)57(24-8-2-1-3-9-24)28-13-7-5-11-26(28)54-21-34-17-15-23(19-34)30-32(34)56-36(30,39(47,48)49)40(50,51)52;2-8(3,4)1-9(5,6)7/h2*1-13,22-23,29-32H,14-21H2;1H2,(H,2,3,4)(H,5,6,7)/q2*+1;/p-2. The van der Waals surface area contributed by atoms with E-state index >= 15 is 0 Å². The van der Waals surface area contributed by atoms with E-state index in [1.165, 1.54) is 0 Å². The number of para-hydroxylation sites is 4. The Bertz CT molecular complexity index is 4570. The van der Waals surface area contributed by atoms with E-state index < -0.39 is 212 Å². The summed E-state index contributed by atoms with van der Waals surface area (Å²) < 4.78 is 440. The average Bonchev–Trinajstić information content (AvgIpc) is 1.54. The summed E-state index contributed by atoms with van der Waals surface area (Å²) in [4.78, 5) is 3.98. The highest BCUT2D eigenvalue weighted by atomic mass is 32.3. The van der Waals surface area contributed by atoms with E-state index in [0.29, 0.717) is 68.3 Å². The molecule has 8 bridgehead atoms. The first-order chi connectivity index (χ1) is 57.1. The smallest absolute Gasteiger partial charge is 0.426 e. The number of halogens is 24. The van der Waals surface area contributed by atoms with Crippen LogP contribution in [0.15, 0.2) is 187 Å². The van der Waals surface area contributed by atoms with Crippen molar-refractivity contribution in [2.75, 3.05) is 31.5 Å². The molecule has 14 nitrogen and oxygen atoms in total. The molecule has 4 saturated heterocycles. The molecule has 16 atom stereocenters. The van der Waals surface area contributed by atoms with Crippen molar-refractivity contribution >= 4 is 42.0 Å². The van der Waals surface area contributed by atoms with Crippen molar-refractivity contribution in [3.63, 3.8) is 0 Å². The van der Waals surface area contributed by atoms with Crippen LogP contribution in [-0.4, -0.2) is 154 Å². The monoisotopic (exact) mass is 1850 g/mol. The van der Waals surface area contributed by atoms with E-state index in [2.05, 4.69) is 0 Å². The van der Waals surface area contributed by atoms with Crippen molar-refractivity contribution in [2.24, 2.45) is 69.0 Å². The summed E-state index contributed by atoms with van der Waals surface area (Å²) in [6.07, 6.45) is -48.0. The van der Waals surface area contributed by atoms with Gasteiger partial charge in [-0.3, -0.25) is 0 Å². The Balaban J connectivity index is 0.000000166. The van der Waals surface area contributed by atoms with Crippen molar-refractivity contribution in [1.29, 1.82) is 0 Å². The van der Waals surface area contributed by atoms with Crippen LogP contribution in [-0.2, 0) is 61.0 Å². The minimum absolute atomic E-state index is 0.0840. The molecule has 4 heterocycles. The van der Waals surface area contributed by atoms with Crippen LogP contribution in [0.1, 0.15) is 77.0 Å². The van der Waals surface area contributed by atoms with Crippen LogP contribution in [0.5, 0.6) is 23.0 Å². The number of fused-ring (bicyclic) bond motifs is 20. The van der Waals surface area contributed by atoms with Crippen LogP contribution >= 0.6 is 0 Å². The highest BCUT2D eigenvalue weighted by Gasteiger charge is 2.93. The fourth-order valence-electron chi connectivity index (χ4n) is 22.8. The molecule has 0 aromatic heterocycles. The highest BCUT2D eigenvalue weighted by Crippen LogP contribution is 2.78. The zero-order valence-electron chi connectivity index (χ0n) is 63.4. The second kappa shape index (κ2) is 29.9. The van der Waals surface area contributed by atoms with Gasteiger partial charge in [-0.2, -0.15) is 105 Å². The molecule has 0 radical (unpaired) electrons. The molecule has 8 aliphatic carbocycles. The molecule has 0 amide bonds. The Morgan fingerprint density at radius 1 is 0.301 bits per heavy atom. The Morgan fingerprint density at radius 2 is 0.488 bits per heavy atom. The summed E-state index contributed by atoms with van der Waals surface area (Å²) in [5, 5.41) is -1.88. The molecule has 0 N–H and O–H groups in total. The quantitative estimate of drug-likeness (QED) is 0.0399. The van der Waals surface area contributed by atoms with E-state index in [9.17, 15) is 131 Å². The van der Waals surface area contributed by atoms with Gasteiger partial charge < -0.3 is 47.0 Å². The molecular formula is C81H72F24O14S4. The third-order valence-corrected chi connectivity index (χ3v) is 34.5. The third-order valence-electron chi connectivity index (χ3n) is 27.6. The van der Waals surface area contributed by atoms with Gasteiger partial charge in [-0.25, -0.2) is 16.8 Å². The topological polar surface area (TPSA) is 188 Å². The third kappa shape index (κ3) is 14.1. The first-order valence-electron chi connectivity index (χ1n) is 38.7. The lowest BCUT2D eigenvalue weighted by molar-refractivity contribution is -0.476. The van der Waals surface area contributed by atoms with Crippen molar-refractivity contribution in [3.8, 4) is 23.0 Å². The summed E-state index contributed by atoms with van der Waals surface area (Å²) >= 11 is 0. The van der Waals surface area contributed by atoms with E-state index in [1.54, 1.807) is 133 Å². The van der Waals surface area contributed by atoms with Crippen molar-refractivity contribution in [2.45, 2.75) is 203 Å². The lowest BCUT2D eigenvalue weighted by Gasteiger charge is -2.59. The zero-order chi connectivity index (χ0) is 88.9. The van der Waals surface area contributed by atoms with Gasteiger partial charge >= 0.3 is 49.4 Å². The molecule has 16 unspecified atom stereocenters. The highest BCUT2D eigenvalue weighted by molar-refractivity contribution is 8.02. The van der Waals surface area contributed by atoms with Crippen LogP contribution in [0, 0.1) is 69.0 Å². The van der Waals surface area contributed by atoms with E-state index in [-0.39, 0.29) is 77.8 Å². The minimum Gasteiger partial charge on any atom is -0.747 e. The molecule has 4 aliphatic heterocycles. The van der Waals surface area contributed by atoms with Crippen molar-refractivity contribution in [1.82, 2.24) is 0 Å². The maximum absolute atomic E-state index is 14.1. The second-order valence-electron chi connectivity index (χ2n) is 34.1. The van der Waals surface area contributed by atoms with Crippen molar-refractivity contribution < 1.29 is 169 Å². The Hall–Kier alpha value is -6.80. The Morgan fingerprint density at radius 3 is 0.667 bits per heavy atom. The van der Waals surface area contributed by atoms with E-state index in [4.69, 9.17) is 37.9 Å². The van der Waals surface area contributed by atoms with Crippen molar-refractivity contribution in [3.05, 3.63) is 158 Å². The van der Waals surface area contributed by atoms with Crippen LogP contribution in [0.2, 0.25) is 0 Å². The fourth-order valence-corrected chi connectivity index (χ4v) is 28.7. The van der Waals surface area contributed by atoms with Gasteiger partial charge in [-0.15, -0.1) is 0 Å². The summed E-state index contributed by atoms with van der Waals surface area (Å²) in [6, 6.07) is 45.7. The maximum Gasteiger partial charge on any atom is 0.426 e. The molecule has 12 fully saturated rings. The summed E-state index contributed by atoms with van der Waals surface area (Å²) in [6.45, 7) is -0.773. The fraction of sp³-hybridized carbons (Fsp3) is 0.556. The summed E-state index contributed by atoms with van der Waals surface area (Å²) in [5.74, 6) is -9.18. The largest absolute Gasteiger partial charge is 0.747 e. The molecule has 123 heavy (non-hydrogen) atoms. The molecular weight excluding hydrogens is 1780 g/mol. The summed E-state index contributed by atoms with van der Waals surface area (Å²) in [7, 11) is -11.9. The molecule has 0 spiro atoms. The lowest BCUT2D eigenvalue weighted by atomic mass is 9.64. The molecule has 42 heteroatoms. The van der Waals surface area contributed by atoms with Gasteiger partial charge in [0.1, 0.15) is 47.1 Å². The number of alkyl halides is 24. The molecule has 672 valence electrons. The van der Waals surface area contributed by atoms with Crippen LogP contribution in [0.4, 0.5) is 105 Å². The number of benzene rings is 6. The number of hydrogen-bond acceptors (Lipinski definition) is 14. The molecule has 8 saturated carbocycles.